The van der Waals surface area contributed by atoms with Crippen molar-refractivity contribution < 1.29 is 9.94 Å². The number of benzene rings is 1. The molecule has 1 aromatic rings. The standard InChI is InChI=1S/C13H21N3O2/c1-2-18-9-8-15-12(10-13(14)16-17)11-6-4-3-5-7-11/h3-7,12,15,17H,2,8-10H2,1H3,(H2,14,16). The highest BCUT2D eigenvalue weighted by atomic mass is 16.5. The minimum absolute atomic E-state index is 0.0301. The molecule has 5 nitrogen and oxygen atoms in total. The number of oxime groups is 1. The summed E-state index contributed by atoms with van der Waals surface area (Å²) in [5.41, 5.74) is 6.68. The number of amidine groups is 1. The number of nitrogens with one attached hydrogen (secondary N) is 1. The Hall–Kier alpha value is -1.59. The quantitative estimate of drug-likeness (QED) is 0.215. The van der Waals surface area contributed by atoms with Crippen molar-refractivity contribution >= 4 is 5.84 Å². The predicted molar refractivity (Wildman–Crippen MR) is 71.7 cm³/mol. The Labute approximate surface area is 108 Å². The summed E-state index contributed by atoms with van der Waals surface area (Å²) in [7, 11) is 0. The largest absolute Gasteiger partial charge is 0.409 e. The maximum atomic E-state index is 8.65. The second-order valence-electron chi connectivity index (χ2n) is 3.91. The van der Waals surface area contributed by atoms with Gasteiger partial charge in [-0.25, -0.2) is 0 Å². The first-order chi connectivity index (χ1) is 8.77. The van der Waals surface area contributed by atoms with E-state index in [1.165, 1.54) is 0 Å². The van der Waals surface area contributed by atoms with Gasteiger partial charge in [-0.05, 0) is 12.5 Å². The lowest BCUT2D eigenvalue weighted by atomic mass is 10.0. The van der Waals surface area contributed by atoms with Crippen LogP contribution in [0.25, 0.3) is 0 Å². The van der Waals surface area contributed by atoms with Crippen molar-refractivity contribution in [2.45, 2.75) is 19.4 Å². The molecule has 0 heterocycles. The second-order valence-corrected chi connectivity index (χ2v) is 3.91. The molecule has 0 saturated carbocycles. The molecule has 1 atom stereocenters. The fraction of sp³-hybridized carbons (Fsp3) is 0.462. The van der Waals surface area contributed by atoms with Gasteiger partial charge in [0.15, 0.2) is 0 Å². The van der Waals surface area contributed by atoms with Gasteiger partial charge in [-0.1, -0.05) is 35.5 Å². The molecule has 1 aromatic carbocycles. The summed E-state index contributed by atoms with van der Waals surface area (Å²) in [6.07, 6.45) is 0.465. The maximum Gasteiger partial charge on any atom is 0.141 e. The predicted octanol–water partition coefficient (Wildman–Crippen LogP) is 1.49. The average Bonchev–Trinajstić information content (AvgIpc) is 2.43. The van der Waals surface area contributed by atoms with E-state index in [0.717, 1.165) is 12.1 Å². The third-order valence-corrected chi connectivity index (χ3v) is 2.58. The molecule has 0 aliphatic rings. The summed E-state index contributed by atoms with van der Waals surface area (Å²) in [5.74, 6) is 0.216. The van der Waals surface area contributed by atoms with E-state index in [4.69, 9.17) is 15.7 Å². The van der Waals surface area contributed by atoms with Crippen molar-refractivity contribution in [1.82, 2.24) is 5.32 Å². The van der Waals surface area contributed by atoms with Crippen LogP contribution in [0.4, 0.5) is 0 Å². The van der Waals surface area contributed by atoms with Gasteiger partial charge in [0.1, 0.15) is 5.84 Å². The molecule has 1 unspecified atom stereocenters. The Balaban J connectivity index is 2.58. The second kappa shape index (κ2) is 8.49. The van der Waals surface area contributed by atoms with Crippen molar-refractivity contribution in [3.05, 3.63) is 35.9 Å². The van der Waals surface area contributed by atoms with Crippen LogP contribution >= 0.6 is 0 Å². The highest BCUT2D eigenvalue weighted by Gasteiger charge is 2.12. The Bertz CT molecular complexity index is 355. The van der Waals surface area contributed by atoms with E-state index in [0.29, 0.717) is 19.6 Å². The molecule has 0 aliphatic carbocycles. The first kappa shape index (κ1) is 14.5. The Kier molecular flexibility index (Phi) is 6.83. The van der Waals surface area contributed by atoms with Gasteiger partial charge < -0.3 is 21.0 Å². The summed E-state index contributed by atoms with van der Waals surface area (Å²) in [6, 6.07) is 9.97. The van der Waals surface area contributed by atoms with E-state index in [9.17, 15) is 0 Å². The molecule has 100 valence electrons. The van der Waals surface area contributed by atoms with E-state index >= 15 is 0 Å². The Morgan fingerprint density at radius 1 is 1.44 bits per heavy atom. The molecule has 0 spiro atoms. The summed E-state index contributed by atoms with van der Waals surface area (Å²) < 4.78 is 5.28. The fourth-order valence-corrected chi connectivity index (χ4v) is 1.69. The van der Waals surface area contributed by atoms with Crippen LogP contribution in [-0.2, 0) is 4.74 Å². The molecule has 0 saturated heterocycles. The molecule has 1 rings (SSSR count). The monoisotopic (exact) mass is 251 g/mol. The molecular weight excluding hydrogens is 230 g/mol. The normalized spacial score (nSPS) is 13.5. The van der Waals surface area contributed by atoms with Gasteiger partial charge in [0, 0.05) is 25.6 Å². The van der Waals surface area contributed by atoms with E-state index < -0.39 is 0 Å². The van der Waals surface area contributed by atoms with Crippen molar-refractivity contribution in [3.8, 4) is 0 Å². The molecular formula is C13H21N3O2. The van der Waals surface area contributed by atoms with Crippen LogP contribution < -0.4 is 11.1 Å². The van der Waals surface area contributed by atoms with Gasteiger partial charge in [0.05, 0.1) is 6.61 Å². The van der Waals surface area contributed by atoms with E-state index in [1.807, 2.05) is 37.3 Å². The topological polar surface area (TPSA) is 79.9 Å². The smallest absolute Gasteiger partial charge is 0.141 e. The van der Waals surface area contributed by atoms with Crippen LogP contribution in [0.1, 0.15) is 24.9 Å². The van der Waals surface area contributed by atoms with Crippen LogP contribution in [0, 0.1) is 0 Å². The minimum Gasteiger partial charge on any atom is -0.409 e. The van der Waals surface area contributed by atoms with E-state index in [2.05, 4.69) is 10.5 Å². The summed E-state index contributed by atoms with van der Waals surface area (Å²) in [6.45, 7) is 4.05. The fourth-order valence-electron chi connectivity index (χ4n) is 1.69. The molecule has 0 bridgehead atoms. The Morgan fingerprint density at radius 2 is 2.17 bits per heavy atom. The summed E-state index contributed by atoms with van der Waals surface area (Å²) >= 11 is 0. The zero-order chi connectivity index (χ0) is 13.2. The number of rotatable bonds is 8. The third-order valence-electron chi connectivity index (χ3n) is 2.58. The molecule has 0 fully saturated rings. The number of nitrogens with zero attached hydrogens (tertiary/aromatic N) is 1. The van der Waals surface area contributed by atoms with Crippen molar-refractivity contribution in [2.24, 2.45) is 10.9 Å². The first-order valence-corrected chi connectivity index (χ1v) is 6.10. The molecule has 5 heteroatoms. The molecule has 0 aliphatic heterocycles. The number of hydrogen-bond acceptors (Lipinski definition) is 4. The third kappa shape index (κ3) is 5.16. The molecule has 4 N–H and O–H groups in total. The average molecular weight is 251 g/mol. The van der Waals surface area contributed by atoms with Crippen molar-refractivity contribution in [2.75, 3.05) is 19.8 Å². The van der Waals surface area contributed by atoms with Gasteiger partial charge in [-0.3, -0.25) is 0 Å². The number of ether oxygens (including phenoxy) is 1. The van der Waals surface area contributed by atoms with Gasteiger partial charge in [0.25, 0.3) is 0 Å². The highest BCUT2D eigenvalue weighted by molar-refractivity contribution is 5.80. The van der Waals surface area contributed by atoms with E-state index in [1.54, 1.807) is 0 Å². The number of hydrogen-bond donors (Lipinski definition) is 3. The first-order valence-electron chi connectivity index (χ1n) is 6.10. The summed E-state index contributed by atoms with van der Waals surface area (Å²) in [4.78, 5) is 0. The molecule has 18 heavy (non-hydrogen) atoms. The van der Waals surface area contributed by atoms with Gasteiger partial charge in [0.2, 0.25) is 0 Å². The molecule has 0 aromatic heterocycles. The van der Waals surface area contributed by atoms with Crippen molar-refractivity contribution in [3.63, 3.8) is 0 Å². The lowest BCUT2D eigenvalue weighted by Gasteiger charge is -2.18. The zero-order valence-corrected chi connectivity index (χ0v) is 10.7. The molecule has 0 amide bonds. The molecule has 0 radical (unpaired) electrons. The Morgan fingerprint density at radius 3 is 2.78 bits per heavy atom. The van der Waals surface area contributed by atoms with Crippen LogP contribution in [0.3, 0.4) is 0 Å². The van der Waals surface area contributed by atoms with Gasteiger partial charge in [-0.2, -0.15) is 0 Å². The maximum absolute atomic E-state index is 8.65. The van der Waals surface area contributed by atoms with Crippen molar-refractivity contribution in [1.29, 1.82) is 0 Å². The van der Waals surface area contributed by atoms with Crippen LogP contribution in [0.5, 0.6) is 0 Å². The lowest BCUT2D eigenvalue weighted by Crippen LogP contribution is -2.29. The van der Waals surface area contributed by atoms with Gasteiger partial charge >= 0.3 is 0 Å². The van der Waals surface area contributed by atoms with Crippen LogP contribution in [0.2, 0.25) is 0 Å². The van der Waals surface area contributed by atoms with E-state index in [-0.39, 0.29) is 11.9 Å². The van der Waals surface area contributed by atoms with Crippen LogP contribution in [-0.4, -0.2) is 30.8 Å². The van der Waals surface area contributed by atoms with Crippen LogP contribution in [0.15, 0.2) is 35.5 Å². The lowest BCUT2D eigenvalue weighted by molar-refractivity contribution is 0.147. The highest BCUT2D eigenvalue weighted by Crippen LogP contribution is 2.15. The zero-order valence-electron chi connectivity index (χ0n) is 10.7. The number of nitrogens with two attached hydrogens (primary N) is 1. The van der Waals surface area contributed by atoms with Gasteiger partial charge in [-0.15, -0.1) is 0 Å². The summed E-state index contributed by atoms with van der Waals surface area (Å²) in [5, 5.41) is 15.0. The SMILES string of the molecule is CCOCCNC(C/C(N)=N/O)c1ccccc1. The minimum atomic E-state index is 0.0301.